The molecule has 33 heavy (non-hydrogen) atoms. The maximum Gasteiger partial charge on any atom is 0.274 e. The lowest BCUT2D eigenvalue weighted by molar-refractivity contribution is 0.0745. The number of aryl methyl sites for hydroxylation is 2. The Morgan fingerprint density at radius 1 is 1.24 bits per heavy atom. The average molecular weight is 462 g/mol. The van der Waals surface area contributed by atoms with Crippen LogP contribution in [0.2, 0.25) is 0 Å². The van der Waals surface area contributed by atoms with Crippen LogP contribution in [0.4, 0.5) is 4.39 Å². The molecule has 2 aromatic rings. The van der Waals surface area contributed by atoms with Crippen molar-refractivity contribution in [2.45, 2.75) is 46.0 Å². The van der Waals surface area contributed by atoms with E-state index in [1.165, 1.54) is 18.4 Å². The molecule has 1 amide bonds. The van der Waals surface area contributed by atoms with Gasteiger partial charge in [-0.15, -0.1) is 11.3 Å². The number of aliphatic imine (C=N–C) groups is 1. The van der Waals surface area contributed by atoms with Gasteiger partial charge >= 0.3 is 0 Å². The molecule has 1 aromatic carbocycles. The Morgan fingerprint density at radius 2 is 2.03 bits per heavy atom. The number of carbonyl (C=O) groups excluding carboxylic acids is 1. The number of amides is 1. The molecule has 6 heteroatoms. The standard InChI is InChI=1S/C27H28FN3OS/c1-3-18-6-8-20(9-7-18)26-25(30-17(2)33-26)27(32)31(16-19-4-5-19)13-12-21-15-29-24-11-10-22(28)14-23(21)24/h6-10,14-15,19H,3-5,11-13,16H2,1-2H3. The maximum absolute atomic E-state index is 13.8. The molecule has 0 atom stereocenters. The summed E-state index contributed by atoms with van der Waals surface area (Å²) in [5.74, 6) is 0.350. The van der Waals surface area contributed by atoms with E-state index in [4.69, 9.17) is 0 Å². The van der Waals surface area contributed by atoms with E-state index < -0.39 is 0 Å². The molecule has 2 aliphatic carbocycles. The molecule has 0 N–H and O–H groups in total. The van der Waals surface area contributed by atoms with Crippen LogP contribution in [0.15, 0.2) is 64.6 Å². The number of benzene rings is 1. The van der Waals surface area contributed by atoms with E-state index in [-0.39, 0.29) is 11.7 Å². The molecule has 2 heterocycles. The van der Waals surface area contributed by atoms with Gasteiger partial charge in [-0.2, -0.15) is 0 Å². The van der Waals surface area contributed by atoms with Crippen molar-refractivity contribution in [3.05, 3.63) is 75.9 Å². The minimum atomic E-state index is -0.209. The normalized spacial score (nSPS) is 17.2. The van der Waals surface area contributed by atoms with Crippen LogP contribution in [0.5, 0.6) is 0 Å². The Kier molecular flexibility index (Phi) is 6.11. The van der Waals surface area contributed by atoms with Crippen LogP contribution in [0.1, 0.15) is 53.7 Å². The number of fused-ring (bicyclic) bond motifs is 1. The summed E-state index contributed by atoms with van der Waals surface area (Å²) in [6.45, 7) is 5.42. The van der Waals surface area contributed by atoms with Crippen molar-refractivity contribution in [3.8, 4) is 10.4 Å². The van der Waals surface area contributed by atoms with E-state index in [1.54, 1.807) is 23.5 Å². The third-order valence-electron chi connectivity index (χ3n) is 6.48. The van der Waals surface area contributed by atoms with Crippen LogP contribution in [0.25, 0.3) is 10.4 Å². The van der Waals surface area contributed by atoms with Gasteiger partial charge < -0.3 is 4.90 Å². The number of halogens is 1. The van der Waals surface area contributed by atoms with Crippen LogP contribution in [-0.2, 0) is 6.42 Å². The van der Waals surface area contributed by atoms with Gasteiger partial charge in [0.05, 0.1) is 15.6 Å². The molecule has 0 bridgehead atoms. The molecule has 0 radical (unpaired) electrons. The van der Waals surface area contributed by atoms with Crippen LogP contribution < -0.4 is 0 Å². The van der Waals surface area contributed by atoms with Gasteiger partial charge in [0.15, 0.2) is 0 Å². The molecule has 0 spiro atoms. The summed E-state index contributed by atoms with van der Waals surface area (Å²) in [6.07, 6.45) is 9.47. The van der Waals surface area contributed by atoms with E-state index >= 15 is 0 Å². The van der Waals surface area contributed by atoms with E-state index in [9.17, 15) is 9.18 Å². The summed E-state index contributed by atoms with van der Waals surface area (Å²) in [5.41, 5.74) is 5.67. The first-order valence-electron chi connectivity index (χ1n) is 11.7. The second-order valence-corrected chi connectivity index (χ2v) is 10.2. The minimum Gasteiger partial charge on any atom is -0.337 e. The fraction of sp³-hybridized carbons (Fsp3) is 0.370. The average Bonchev–Trinajstić information content (AvgIpc) is 3.43. The highest BCUT2D eigenvalue weighted by Crippen LogP contribution is 2.35. The highest BCUT2D eigenvalue weighted by atomic mass is 32.1. The topological polar surface area (TPSA) is 45.6 Å². The second kappa shape index (κ2) is 9.18. The Morgan fingerprint density at radius 3 is 2.76 bits per heavy atom. The Labute approximate surface area is 198 Å². The van der Waals surface area contributed by atoms with Gasteiger partial charge in [-0.25, -0.2) is 9.37 Å². The van der Waals surface area contributed by atoms with Crippen molar-refractivity contribution < 1.29 is 9.18 Å². The van der Waals surface area contributed by atoms with Gasteiger partial charge in [0.2, 0.25) is 0 Å². The predicted octanol–water partition coefficient (Wildman–Crippen LogP) is 6.45. The zero-order chi connectivity index (χ0) is 22.9. The van der Waals surface area contributed by atoms with Crippen LogP contribution in [0, 0.1) is 12.8 Å². The Hall–Kier alpha value is -2.86. The number of carbonyl (C=O) groups is 1. The number of thiazole rings is 1. The Balaban J connectivity index is 1.36. The molecule has 0 saturated heterocycles. The summed E-state index contributed by atoms with van der Waals surface area (Å²) < 4.78 is 13.8. The van der Waals surface area contributed by atoms with Gasteiger partial charge in [-0.3, -0.25) is 9.79 Å². The van der Waals surface area contributed by atoms with Gasteiger partial charge in [-0.1, -0.05) is 31.2 Å². The van der Waals surface area contributed by atoms with E-state index in [0.717, 1.165) is 45.3 Å². The van der Waals surface area contributed by atoms with Crippen molar-refractivity contribution in [1.29, 1.82) is 0 Å². The van der Waals surface area contributed by atoms with E-state index in [0.29, 0.717) is 31.0 Å². The fourth-order valence-electron chi connectivity index (χ4n) is 4.36. The number of hydrogen-bond acceptors (Lipinski definition) is 4. The summed E-state index contributed by atoms with van der Waals surface area (Å²) in [5, 5.41) is 0.894. The van der Waals surface area contributed by atoms with Gasteiger partial charge in [0.25, 0.3) is 5.91 Å². The first-order chi connectivity index (χ1) is 16.0. The van der Waals surface area contributed by atoms with Crippen LogP contribution in [-0.4, -0.2) is 34.6 Å². The van der Waals surface area contributed by atoms with E-state index in [1.807, 2.05) is 18.0 Å². The van der Waals surface area contributed by atoms with Crippen LogP contribution >= 0.6 is 11.3 Å². The van der Waals surface area contributed by atoms with Gasteiger partial charge in [0.1, 0.15) is 11.5 Å². The molecule has 170 valence electrons. The van der Waals surface area contributed by atoms with Crippen molar-refractivity contribution >= 4 is 23.0 Å². The zero-order valence-corrected chi connectivity index (χ0v) is 19.9. The molecule has 1 fully saturated rings. The van der Waals surface area contributed by atoms with Gasteiger partial charge in [-0.05, 0) is 67.4 Å². The Bertz CT molecular complexity index is 1200. The van der Waals surface area contributed by atoms with Crippen molar-refractivity contribution in [3.63, 3.8) is 0 Å². The van der Waals surface area contributed by atoms with Crippen molar-refractivity contribution in [2.75, 3.05) is 13.1 Å². The monoisotopic (exact) mass is 461 g/mol. The van der Waals surface area contributed by atoms with Crippen LogP contribution in [0.3, 0.4) is 0 Å². The summed E-state index contributed by atoms with van der Waals surface area (Å²) >= 11 is 1.57. The lowest BCUT2D eigenvalue weighted by Gasteiger charge is -2.23. The summed E-state index contributed by atoms with van der Waals surface area (Å²) in [7, 11) is 0. The smallest absolute Gasteiger partial charge is 0.274 e. The highest BCUT2D eigenvalue weighted by Gasteiger charge is 2.31. The molecular formula is C27H28FN3OS. The minimum absolute atomic E-state index is 0.00995. The highest BCUT2D eigenvalue weighted by molar-refractivity contribution is 7.15. The molecule has 1 aromatic heterocycles. The van der Waals surface area contributed by atoms with Crippen molar-refractivity contribution in [1.82, 2.24) is 9.88 Å². The van der Waals surface area contributed by atoms with Crippen molar-refractivity contribution in [2.24, 2.45) is 10.9 Å². The number of rotatable bonds is 8. The lowest BCUT2D eigenvalue weighted by atomic mass is 9.95. The molecule has 0 unspecified atom stereocenters. The number of allylic oxidation sites excluding steroid dienone is 4. The summed E-state index contributed by atoms with van der Waals surface area (Å²) in [6, 6.07) is 8.42. The molecule has 1 aliphatic heterocycles. The number of hydrogen-bond donors (Lipinski definition) is 0. The fourth-order valence-corrected chi connectivity index (χ4v) is 5.28. The summed E-state index contributed by atoms with van der Waals surface area (Å²) in [4.78, 5) is 25.7. The molecule has 3 aliphatic rings. The predicted molar refractivity (Wildman–Crippen MR) is 132 cm³/mol. The number of nitrogens with zero attached hydrogens (tertiary/aromatic N) is 3. The molecule has 1 saturated carbocycles. The largest absolute Gasteiger partial charge is 0.337 e. The molecule has 4 nitrogen and oxygen atoms in total. The lowest BCUT2D eigenvalue weighted by Crippen LogP contribution is -2.34. The molecular weight excluding hydrogens is 433 g/mol. The third kappa shape index (κ3) is 4.76. The number of aromatic nitrogens is 1. The van der Waals surface area contributed by atoms with Gasteiger partial charge in [0, 0.05) is 31.3 Å². The quantitative estimate of drug-likeness (QED) is 0.454. The third-order valence-corrected chi connectivity index (χ3v) is 7.50. The zero-order valence-electron chi connectivity index (χ0n) is 19.1. The second-order valence-electron chi connectivity index (χ2n) is 8.99. The molecule has 5 rings (SSSR count). The first-order valence-corrected chi connectivity index (χ1v) is 12.5. The SMILES string of the molecule is CCc1ccc(-c2sc(C)nc2C(=O)N(CCC2=CN=C3CC=C(F)C=C23)CC2CC2)cc1. The first kappa shape index (κ1) is 22.0. The van der Waals surface area contributed by atoms with E-state index in [2.05, 4.69) is 41.2 Å². The maximum atomic E-state index is 13.8.